The van der Waals surface area contributed by atoms with Crippen molar-refractivity contribution >= 4 is 11.6 Å². The number of anilines is 1. The summed E-state index contributed by atoms with van der Waals surface area (Å²) in [7, 11) is 0. The van der Waals surface area contributed by atoms with Crippen LogP contribution in [0.1, 0.15) is 24.7 Å². The molecule has 0 atom stereocenters. The van der Waals surface area contributed by atoms with Crippen LogP contribution in [0.2, 0.25) is 0 Å². The Morgan fingerprint density at radius 3 is 2.72 bits per heavy atom. The van der Waals surface area contributed by atoms with Gasteiger partial charge in [-0.05, 0) is 25.0 Å². The molecule has 0 spiro atoms. The van der Waals surface area contributed by atoms with Gasteiger partial charge in [-0.15, -0.1) is 0 Å². The number of nitrogens with one attached hydrogen (secondary N) is 1. The first-order chi connectivity index (χ1) is 8.67. The van der Waals surface area contributed by atoms with E-state index in [0.29, 0.717) is 13.2 Å². The van der Waals surface area contributed by atoms with E-state index in [-0.39, 0.29) is 12.2 Å². The third-order valence-electron chi connectivity index (χ3n) is 3.28. The highest BCUT2D eigenvalue weighted by molar-refractivity contribution is 6.00. The van der Waals surface area contributed by atoms with Crippen LogP contribution in [-0.4, -0.2) is 24.7 Å². The van der Waals surface area contributed by atoms with Gasteiger partial charge in [-0.1, -0.05) is 12.1 Å². The Morgan fingerprint density at radius 1 is 1.33 bits per heavy atom. The van der Waals surface area contributed by atoms with Crippen LogP contribution in [0, 0.1) is 0 Å². The lowest BCUT2D eigenvalue weighted by molar-refractivity contribution is -0.118. The summed E-state index contributed by atoms with van der Waals surface area (Å²) in [4.78, 5) is 11.8. The molecular formula is C13H16N2O3. The van der Waals surface area contributed by atoms with Gasteiger partial charge in [-0.25, -0.2) is 0 Å². The number of carbonyl (C=O) groups excluding carboxylic acids is 1. The first kappa shape index (κ1) is 11.6. The zero-order valence-corrected chi connectivity index (χ0v) is 10.0. The van der Waals surface area contributed by atoms with E-state index < -0.39 is 5.54 Å². The fraction of sp³-hybridized carbons (Fsp3) is 0.462. The van der Waals surface area contributed by atoms with E-state index in [1.165, 1.54) is 0 Å². The lowest BCUT2D eigenvalue weighted by Gasteiger charge is -2.13. The van der Waals surface area contributed by atoms with E-state index in [1.807, 2.05) is 24.3 Å². The van der Waals surface area contributed by atoms with Crippen LogP contribution in [-0.2, 0) is 14.3 Å². The molecule has 1 saturated heterocycles. The zero-order valence-electron chi connectivity index (χ0n) is 10.0. The van der Waals surface area contributed by atoms with Gasteiger partial charge < -0.3 is 20.5 Å². The van der Waals surface area contributed by atoms with Crippen LogP contribution in [0.5, 0.6) is 0 Å². The Morgan fingerprint density at radius 2 is 2.06 bits per heavy atom. The lowest BCUT2D eigenvalue weighted by Crippen LogP contribution is -2.37. The minimum Gasteiger partial charge on any atom is -0.346 e. The van der Waals surface area contributed by atoms with Crippen LogP contribution in [0.4, 0.5) is 5.69 Å². The summed E-state index contributed by atoms with van der Waals surface area (Å²) in [6, 6.07) is 7.48. The smallest absolute Gasteiger partial charge is 0.244 e. The number of ether oxygens (including phenoxy) is 2. The second-order valence-corrected chi connectivity index (χ2v) is 4.81. The Kier molecular flexibility index (Phi) is 2.81. The van der Waals surface area contributed by atoms with Crippen molar-refractivity contribution in [2.24, 2.45) is 5.73 Å². The maximum Gasteiger partial charge on any atom is 0.244 e. The van der Waals surface area contributed by atoms with Crippen molar-refractivity contribution in [3.63, 3.8) is 0 Å². The summed E-state index contributed by atoms with van der Waals surface area (Å²) in [5.74, 6) is -0.118. The standard InChI is InChI=1S/C13H16N2O3/c14-13(4-5-13)12(16)15-10-3-1-2-9(8-10)11-17-6-7-18-11/h1-3,8,11H,4-7,14H2,(H,15,16). The normalized spacial score (nSPS) is 21.8. The van der Waals surface area contributed by atoms with Crippen LogP contribution in [0.15, 0.2) is 24.3 Å². The molecule has 0 radical (unpaired) electrons. The van der Waals surface area contributed by atoms with Crippen LogP contribution >= 0.6 is 0 Å². The summed E-state index contributed by atoms with van der Waals surface area (Å²) in [6.07, 6.45) is 1.19. The Balaban J connectivity index is 1.72. The minimum absolute atomic E-state index is 0.118. The molecule has 18 heavy (non-hydrogen) atoms. The number of rotatable bonds is 3. The number of hydrogen-bond donors (Lipinski definition) is 2. The number of benzene rings is 1. The summed E-state index contributed by atoms with van der Waals surface area (Å²) in [5.41, 5.74) is 6.82. The molecular weight excluding hydrogens is 232 g/mol. The molecule has 1 aromatic carbocycles. The van der Waals surface area contributed by atoms with E-state index in [4.69, 9.17) is 15.2 Å². The molecule has 96 valence electrons. The van der Waals surface area contributed by atoms with E-state index in [2.05, 4.69) is 5.32 Å². The van der Waals surface area contributed by atoms with Gasteiger partial charge in [-0.2, -0.15) is 0 Å². The van der Waals surface area contributed by atoms with Crippen molar-refractivity contribution in [2.75, 3.05) is 18.5 Å². The Bertz CT molecular complexity index is 465. The minimum atomic E-state index is -0.656. The van der Waals surface area contributed by atoms with Crippen molar-refractivity contribution in [3.05, 3.63) is 29.8 Å². The van der Waals surface area contributed by atoms with Gasteiger partial charge in [0.05, 0.1) is 18.8 Å². The molecule has 0 aromatic heterocycles. The van der Waals surface area contributed by atoms with Gasteiger partial charge >= 0.3 is 0 Å². The van der Waals surface area contributed by atoms with Gasteiger partial charge in [0.2, 0.25) is 5.91 Å². The summed E-state index contributed by atoms with van der Waals surface area (Å²) in [6.45, 7) is 1.21. The topological polar surface area (TPSA) is 73.6 Å². The van der Waals surface area contributed by atoms with Crippen molar-refractivity contribution in [3.8, 4) is 0 Å². The molecule has 1 aliphatic heterocycles. The third kappa shape index (κ3) is 2.25. The van der Waals surface area contributed by atoms with Crippen molar-refractivity contribution < 1.29 is 14.3 Å². The first-order valence-corrected chi connectivity index (χ1v) is 6.11. The lowest BCUT2D eigenvalue weighted by atomic mass is 10.2. The van der Waals surface area contributed by atoms with Gasteiger partial charge in [-0.3, -0.25) is 4.79 Å². The summed E-state index contributed by atoms with van der Waals surface area (Å²) >= 11 is 0. The van der Waals surface area contributed by atoms with Crippen molar-refractivity contribution in [2.45, 2.75) is 24.7 Å². The summed E-state index contributed by atoms with van der Waals surface area (Å²) in [5, 5.41) is 2.83. The van der Waals surface area contributed by atoms with E-state index in [1.54, 1.807) is 0 Å². The van der Waals surface area contributed by atoms with Crippen LogP contribution < -0.4 is 11.1 Å². The van der Waals surface area contributed by atoms with E-state index in [9.17, 15) is 4.79 Å². The number of amides is 1. The van der Waals surface area contributed by atoms with Gasteiger partial charge in [0.1, 0.15) is 0 Å². The highest BCUT2D eigenvalue weighted by atomic mass is 16.7. The van der Waals surface area contributed by atoms with E-state index in [0.717, 1.165) is 24.1 Å². The van der Waals surface area contributed by atoms with Gasteiger partial charge in [0.25, 0.3) is 0 Å². The Labute approximate surface area is 105 Å². The molecule has 1 amide bonds. The molecule has 0 bridgehead atoms. The third-order valence-corrected chi connectivity index (χ3v) is 3.28. The monoisotopic (exact) mass is 248 g/mol. The molecule has 1 saturated carbocycles. The molecule has 1 heterocycles. The second kappa shape index (κ2) is 4.35. The Hall–Kier alpha value is -1.43. The quantitative estimate of drug-likeness (QED) is 0.842. The highest BCUT2D eigenvalue weighted by Crippen LogP contribution is 2.33. The second-order valence-electron chi connectivity index (χ2n) is 4.81. The number of nitrogens with two attached hydrogens (primary N) is 1. The maximum atomic E-state index is 11.8. The predicted octanol–water partition coefficient (Wildman–Crippen LogP) is 1.16. The predicted molar refractivity (Wildman–Crippen MR) is 65.9 cm³/mol. The SMILES string of the molecule is NC1(C(=O)Nc2cccc(C3OCCO3)c2)CC1. The maximum absolute atomic E-state index is 11.8. The average Bonchev–Trinajstić information content (AvgIpc) is 2.93. The molecule has 2 fully saturated rings. The molecule has 1 aromatic rings. The molecule has 5 nitrogen and oxygen atoms in total. The van der Waals surface area contributed by atoms with Crippen molar-refractivity contribution in [1.29, 1.82) is 0 Å². The molecule has 0 unspecified atom stereocenters. The number of carbonyl (C=O) groups is 1. The van der Waals surface area contributed by atoms with Crippen molar-refractivity contribution in [1.82, 2.24) is 0 Å². The molecule has 5 heteroatoms. The van der Waals surface area contributed by atoms with Crippen LogP contribution in [0.25, 0.3) is 0 Å². The van der Waals surface area contributed by atoms with Gasteiger partial charge in [0.15, 0.2) is 6.29 Å². The zero-order chi connectivity index (χ0) is 12.6. The highest BCUT2D eigenvalue weighted by Gasteiger charge is 2.45. The van der Waals surface area contributed by atoms with Crippen LogP contribution in [0.3, 0.4) is 0 Å². The fourth-order valence-corrected chi connectivity index (χ4v) is 1.93. The molecule has 3 rings (SSSR count). The summed E-state index contributed by atoms with van der Waals surface area (Å²) < 4.78 is 10.8. The van der Waals surface area contributed by atoms with Gasteiger partial charge in [0, 0.05) is 11.3 Å². The first-order valence-electron chi connectivity index (χ1n) is 6.11. The fourth-order valence-electron chi connectivity index (χ4n) is 1.93. The number of hydrogen-bond acceptors (Lipinski definition) is 4. The van der Waals surface area contributed by atoms with E-state index >= 15 is 0 Å². The average molecular weight is 248 g/mol. The molecule has 3 N–H and O–H groups in total. The largest absolute Gasteiger partial charge is 0.346 e. The molecule has 2 aliphatic rings. The molecule has 1 aliphatic carbocycles.